The molecule has 3 saturated carbocycles. The van der Waals surface area contributed by atoms with E-state index in [4.69, 9.17) is 0 Å². The molecule has 3 aromatic heterocycles. The van der Waals surface area contributed by atoms with Crippen LogP contribution in [0.4, 0.5) is 0 Å². The quantitative estimate of drug-likeness (QED) is 0.712. The summed E-state index contributed by atoms with van der Waals surface area (Å²) in [5.74, 6) is 1.42. The van der Waals surface area contributed by atoms with Gasteiger partial charge in [-0.15, -0.1) is 10.2 Å². The van der Waals surface area contributed by atoms with Crippen molar-refractivity contribution in [1.82, 2.24) is 29.3 Å². The number of nitrogens with one attached hydrogen (secondary N) is 2. The number of rotatable bonds is 4. The van der Waals surface area contributed by atoms with Gasteiger partial charge in [-0.05, 0) is 50.5 Å². The Kier molecular flexibility index (Phi) is 3.13. The van der Waals surface area contributed by atoms with Crippen LogP contribution in [0.5, 0.6) is 0 Å². The molecule has 27 heavy (non-hydrogen) atoms. The SMILES string of the molecule is O=S(=O)(NC1CC2CCCC2(c2nnc3cnc4[nH]ccc4n23)C1)C1CC1. The van der Waals surface area contributed by atoms with Gasteiger partial charge in [0, 0.05) is 17.7 Å². The predicted octanol–water partition coefficient (Wildman–Crippen LogP) is 1.89. The zero-order valence-corrected chi connectivity index (χ0v) is 15.7. The van der Waals surface area contributed by atoms with Crippen molar-refractivity contribution in [3.63, 3.8) is 0 Å². The van der Waals surface area contributed by atoms with E-state index in [9.17, 15) is 8.42 Å². The third-order valence-corrected chi connectivity index (χ3v) is 8.83. The summed E-state index contributed by atoms with van der Waals surface area (Å²) in [6, 6.07) is 2.00. The zero-order valence-electron chi connectivity index (χ0n) is 14.9. The first-order valence-electron chi connectivity index (χ1n) is 9.76. The van der Waals surface area contributed by atoms with Crippen LogP contribution in [0.15, 0.2) is 18.5 Å². The Bertz CT molecular complexity index is 1150. The minimum absolute atomic E-state index is 0.00296. The van der Waals surface area contributed by atoms with Crippen LogP contribution < -0.4 is 4.72 Å². The lowest BCUT2D eigenvalue weighted by atomic mass is 9.79. The second-order valence-corrected chi connectivity index (χ2v) is 10.4. The molecule has 9 heteroatoms. The van der Waals surface area contributed by atoms with E-state index in [2.05, 4.69) is 29.3 Å². The maximum absolute atomic E-state index is 12.5. The normalized spacial score (nSPS) is 31.1. The van der Waals surface area contributed by atoms with Crippen molar-refractivity contribution in [1.29, 1.82) is 0 Å². The smallest absolute Gasteiger partial charge is 0.214 e. The van der Waals surface area contributed by atoms with Crippen molar-refractivity contribution < 1.29 is 8.42 Å². The number of fused-ring (bicyclic) bond motifs is 4. The highest BCUT2D eigenvalue weighted by atomic mass is 32.2. The van der Waals surface area contributed by atoms with E-state index in [1.165, 1.54) is 0 Å². The van der Waals surface area contributed by atoms with E-state index >= 15 is 0 Å². The number of nitrogens with zero attached hydrogens (tertiary/aromatic N) is 4. The fourth-order valence-corrected chi connectivity index (χ4v) is 7.10. The second kappa shape index (κ2) is 5.29. The molecule has 2 N–H and O–H groups in total. The first kappa shape index (κ1) is 16.0. The fourth-order valence-electron chi connectivity index (χ4n) is 5.50. The van der Waals surface area contributed by atoms with E-state index < -0.39 is 10.0 Å². The predicted molar refractivity (Wildman–Crippen MR) is 99.8 cm³/mol. The Labute approximate surface area is 156 Å². The minimum Gasteiger partial charge on any atom is -0.345 e. The molecule has 3 atom stereocenters. The molecule has 0 radical (unpaired) electrons. The summed E-state index contributed by atoms with van der Waals surface area (Å²) >= 11 is 0. The molecule has 0 amide bonds. The van der Waals surface area contributed by atoms with Crippen LogP contribution in [0.3, 0.4) is 0 Å². The standard InChI is InChI=1S/C18H22N6O2S/c25-27(26,13-3-4-13)23-12-8-11-2-1-6-18(11,9-12)17-22-21-15-10-20-16-14(24(15)17)5-7-19-16/h5,7,10-13,19,23H,1-4,6,8-9H2. The Hall–Kier alpha value is -2.00. The van der Waals surface area contributed by atoms with Crippen LogP contribution in [-0.2, 0) is 15.4 Å². The Morgan fingerprint density at radius 3 is 3.00 bits per heavy atom. The molecule has 3 heterocycles. The summed E-state index contributed by atoms with van der Waals surface area (Å²) < 4.78 is 30.0. The maximum Gasteiger partial charge on any atom is 0.214 e. The molecule has 0 bridgehead atoms. The van der Waals surface area contributed by atoms with Gasteiger partial charge in [0.1, 0.15) is 5.82 Å². The van der Waals surface area contributed by atoms with E-state index in [1.54, 1.807) is 6.20 Å². The highest BCUT2D eigenvalue weighted by Crippen LogP contribution is 2.55. The first-order chi connectivity index (χ1) is 13.1. The number of H-pyrrole nitrogens is 1. The summed E-state index contributed by atoms with van der Waals surface area (Å²) in [6.45, 7) is 0. The Morgan fingerprint density at radius 2 is 2.15 bits per heavy atom. The Balaban J connectivity index is 1.44. The monoisotopic (exact) mass is 386 g/mol. The lowest BCUT2D eigenvalue weighted by Gasteiger charge is -2.27. The Morgan fingerprint density at radius 1 is 1.26 bits per heavy atom. The van der Waals surface area contributed by atoms with Crippen molar-refractivity contribution in [3.05, 3.63) is 24.3 Å². The topological polar surface area (TPSA) is 105 Å². The van der Waals surface area contributed by atoms with Gasteiger partial charge in [-0.25, -0.2) is 18.1 Å². The van der Waals surface area contributed by atoms with Gasteiger partial charge in [-0.1, -0.05) is 6.42 Å². The zero-order chi connectivity index (χ0) is 18.2. The highest BCUT2D eigenvalue weighted by Gasteiger charge is 2.54. The summed E-state index contributed by atoms with van der Waals surface area (Å²) in [7, 11) is -3.17. The molecule has 0 aromatic carbocycles. The molecule has 3 aliphatic rings. The largest absolute Gasteiger partial charge is 0.345 e. The van der Waals surface area contributed by atoms with E-state index in [1.807, 2.05) is 12.3 Å². The van der Waals surface area contributed by atoms with Crippen LogP contribution in [-0.4, -0.2) is 44.3 Å². The average Bonchev–Trinajstić information content (AvgIpc) is 2.96. The van der Waals surface area contributed by atoms with Crippen LogP contribution in [0.2, 0.25) is 0 Å². The molecule has 0 saturated heterocycles. The molecule has 3 fully saturated rings. The van der Waals surface area contributed by atoms with E-state index in [-0.39, 0.29) is 16.7 Å². The van der Waals surface area contributed by atoms with Gasteiger partial charge < -0.3 is 4.98 Å². The van der Waals surface area contributed by atoms with Crippen molar-refractivity contribution in [3.8, 4) is 0 Å². The van der Waals surface area contributed by atoms with Gasteiger partial charge in [0.2, 0.25) is 10.0 Å². The number of aromatic amines is 1. The van der Waals surface area contributed by atoms with E-state index in [0.717, 1.165) is 67.6 Å². The van der Waals surface area contributed by atoms with Crippen molar-refractivity contribution in [2.75, 3.05) is 0 Å². The maximum atomic E-state index is 12.5. The van der Waals surface area contributed by atoms with Crippen LogP contribution >= 0.6 is 0 Å². The third kappa shape index (κ3) is 2.24. The third-order valence-electron chi connectivity index (χ3n) is 6.82. The molecule has 0 aliphatic heterocycles. The van der Waals surface area contributed by atoms with Crippen molar-refractivity contribution in [2.24, 2.45) is 5.92 Å². The highest BCUT2D eigenvalue weighted by molar-refractivity contribution is 7.90. The minimum atomic E-state index is -3.17. The molecule has 3 aliphatic carbocycles. The van der Waals surface area contributed by atoms with Crippen LogP contribution in [0.25, 0.3) is 16.8 Å². The second-order valence-electron chi connectivity index (χ2n) is 8.43. The molecule has 3 aromatic rings. The van der Waals surface area contributed by atoms with E-state index in [0.29, 0.717) is 5.92 Å². The van der Waals surface area contributed by atoms with Crippen molar-refractivity contribution >= 4 is 26.8 Å². The van der Waals surface area contributed by atoms with Gasteiger partial charge in [0.05, 0.1) is 17.0 Å². The molecule has 3 unspecified atom stereocenters. The number of hydrogen-bond donors (Lipinski definition) is 2. The molecular weight excluding hydrogens is 364 g/mol. The summed E-state index contributed by atoms with van der Waals surface area (Å²) in [5.41, 5.74) is 2.44. The first-order valence-corrected chi connectivity index (χ1v) is 11.3. The molecule has 0 spiro atoms. The van der Waals surface area contributed by atoms with Crippen LogP contribution in [0.1, 0.15) is 50.8 Å². The van der Waals surface area contributed by atoms with Gasteiger partial charge >= 0.3 is 0 Å². The lowest BCUT2D eigenvalue weighted by Crippen LogP contribution is -2.37. The average molecular weight is 386 g/mol. The number of hydrogen-bond acceptors (Lipinski definition) is 5. The number of aromatic nitrogens is 5. The molecular formula is C18H22N6O2S. The molecule has 6 rings (SSSR count). The van der Waals surface area contributed by atoms with Gasteiger partial charge in [0.15, 0.2) is 11.3 Å². The lowest BCUT2D eigenvalue weighted by molar-refractivity contribution is 0.345. The summed E-state index contributed by atoms with van der Waals surface area (Å²) in [6.07, 6.45) is 10.2. The van der Waals surface area contributed by atoms with Gasteiger partial charge in [-0.3, -0.25) is 4.40 Å². The summed E-state index contributed by atoms with van der Waals surface area (Å²) in [4.78, 5) is 7.57. The van der Waals surface area contributed by atoms with Crippen LogP contribution in [0, 0.1) is 5.92 Å². The van der Waals surface area contributed by atoms with Gasteiger partial charge in [0.25, 0.3) is 0 Å². The molecule has 142 valence electrons. The summed E-state index contributed by atoms with van der Waals surface area (Å²) in [5, 5.41) is 8.81. The van der Waals surface area contributed by atoms with Gasteiger partial charge in [-0.2, -0.15) is 0 Å². The molecule has 8 nitrogen and oxygen atoms in total. The van der Waals surface area contributed by atoms with Crippen molar-refractivity contribution in [2.45, 2.75) is 61.7 Å². The fraction of sp³-hybridized carbons (Fsp3) is 0.611. The number of sulfonamides is 1.